The van der Waals surface area contributed by atoms with Gasteiger partial charge in [0.2, 0.25) is 17.6 Å². The van der Waals surface area contributed by atoms with Gasteiger partial charge >= 0.3 is 12.1 Å². The number of ketones is 1. The van der Waals surface area contributed by atoms with Gasteiger partial charge in [0, 0.05) is 19.6 Å². The molecule has 6 amide bonds. The Balaban J connectivity index is 1.83. The van der Waals surface area contributed by atoms with Crippen molar-refractivity contribution in [1.29, 1.82) is 0 Å². The molecule has 48 heavy (non-hydrogen) atoms. The molecule has 0 bridgehead atoms. The molecule has 2 aliphatic carbocycles. The van der Waals surface area contributed by atoms with Crippen molar-refractivity contribution in [3.05, 3.63) is 12.7 Å². The Kier molecular flexibility index (Phi) is 13.5. The molecule has 3 fully saturated rings. The number of hydrogen-bond acceptors (Lipinski definition) is 7. The average molecular weight is 675 g/mol. The molecule has 0 radical (unpaired) electrons. The number of likely N-dealkylation sites (tertiary alicyclic amines) is 1. The Labute approximate surface area is 285 Å². The summed E-state index contributed by atoms with van der Waals surface area (Å²) in [6.07, 6.45) is 6.15. The lowest BCUT2D eigenvalue weighted by Gasteiger charge is -2.38. The summed E-state index contributed by atoms with van der Waals surface area (Å²) < 4.78 is 5.33. The largest absolute Gasteiger partial charge is 0.447 e. The Bertz CT molecular complexity index is 1210. The molecule has 0 spiro atoms. The van der Waals surface area contributed by atoms with Gasteiger partial charge in [-0.15, -0.1) is 6.58 Å². The Hall–Kier alpha value is -3.64. The Morgan fingerprint density at radius 2 is 1.65 bits per heavy atom. The number of carbonyl (C=O) groups is 6. The molecule has 13 nitrogen and oxygen atoms in total. The summed E-state index contributed by atoms with van der Waals surface area (Å²) >= 11 is 0. The first kappa shape index (κ1) is 38.8. The summed E-state index contributed by atoms with van der Waals surface area (Å²) in [5.41, 5.74) is -0.645. The van der Waals surface area contributed by atoms with E-state index in [-0.39, 0.29) is 48.6 Å². The first-order valence-electron chi connectivity index (χ1n) is 17.6. The summed E-state index contributed by atoms with van der Waals surface area (Å²) in [6, 6.07) is -3.84. The molecule has 1 unspecified atom stereocenters. The number of fused-ring (bicyclic) bond motifs is 1. The zero-order valence-corrected chi connectivity index (χ0v) is 29.9. The van der Waals surface area contributed by atoms with E-state index in [0.29, 0.717) is 19.5 Å². The van der Waals surface area contributed by atoms with Crippen LogP contribution < -0.4 is 26.6 Å². The van der Waals surface area contributed by atoms with Crippen molar-refractivity contribution in [2.75, 3.05) is 26.2 Å². The summed E-state index contributed by atoms with van der Waals surface area (Å²) in [6.45, 7) is 17.9. The van der Waals surface area contributed by atoms with Crippen LogP contribution in [-0.2, 0) is 23.9 Å². The van der Waals surface area contributed by atoms with E-state index < -0.39 is 59.3 Å². The number of urea groups is 1. The zero-order valence-electron chi connectivity index (χ0n) is 29.9. The van der Waals surface area contributed by atoms with E-state index >= 15 is 0 Å². The van der Waals surface area contributed by atoms with E-state index in [2.05, 4.69) is 47.0 Å². The van der Waals surface area contributed by atoms with E-state index in [0.717, 1.165) is 32.1 Å². The molecule has 3 rings (SSSR count). The molecule has 5 N–H and O–H groups in total. The predicted octanol–water partition coefficient (Wildman–Crippen LogP) is 3.03. The molecular formula is C35H58N6O7. The summed E-state index contributed by atoms with van der Waals surface area (Å²) in [5.74, 6) is -2.47. The highest BCUT2D eigenvalue weighted by atomic mass is 16.5. The van der Waals surface area contributed by atoms with Gasteiger partial charge in [0.25, 0.3) is 5.91 Å². The number of nitrogens with zero attached hydrogens (tertiary/aromatic N) is 1. The Morgan fingerprint density at radius 3 is 2.23 bits per heavy atom. The number of nitrogens with one attached hydrogen (secondary N) is 5. The summed E-state index contributed by atoms with van der Waals surface area (Å²) in [5, 5.41) is 13.8. The van der Waals surface area contributed by atoms with E-state index in [1.807, 2.05) is 27.7 Å². The fourth-order valence-corrected chi connectivity index (χ4v) is 7.27. The lowest BCUT2D eigenvalue weighted by molar-refractivity contribution is -0.144. The fraction of sp³-hybridized carbons (Fsp3) is 0.771. The number of Topliss-reactive ketones (excluding diaryl/α,β-unsaturated/α-hetero) is 1. The van der Waals surface area contributed by atoms with Crippen LogP contribution >= 0.6 is 0 Å². The smallest absolute Gasteiger partial charge is 0.407 e. The second-order valence-electron chi connectivity index (χ2n) is 15.1. The number of hydrogen-bond donors (Lipinski definition) is 5. The van der Waals surface area contributed by atoms with Crippen LogP contribution in [0.25, 0.3) is 0 Å². The van der Waals surface area contributed by atoms with Gasteiger partial charge in [0.15, 0.2) is 0 Å². The maximum Gasteiger partial charge on any atom is 0.407 e. The third kappa shape index (κ3) is 9.49. The third-order valence-corrected chi connectivity index (χ3v) is 10.3. The van der Waals surface area contributed by atoms with Crippen molar-refractivity contribution in [3.63, 3.8) is 0 Å². The van der Waals surface area contributed by atoms with Crippen LogP contribution in [0.15, 0.2) is 12.7 Å². The van der Waals surface area contributed by atoms with E-state index in [1.165, 1.54) is 6.08 Å². The van der Waals surface area contributed by atoms with Gasteiger partial charge in [0.1, 0.15) is 18.7 Å². The summed E-state index contributed by atoms with van der Waals surface area (Å²) in [4.78, 5) is 81.1. The minimum absolute atomic E-state index is 0.0547. The van der Waals surface area contributed by atoms with E-state index in [9.17, 15) is 28.8 Å². The standard InChI is InChI=1S/C35H58N6O7/c1-9-15-23(28(42)30(44)37-18-10-2)38-29(43)27-25-22(35(25,7)8)19-41(27)31(45)26(21-16-13-12-14-17-21)40-32(46)39-24(34(4,5)6)20-48-33(47)36-11-3/h10,21-27H,2,9,11-20H2,1,3-8H3,(H,36,47)(H,37,44)(H,38,43)(H2,39,40,46)/t22-,23?,24+,25-,26-,27-/m0/s1. The van der Waals surface area contributed by atoms with Crippen LogP contribution in [0.5, 0.6) is 0 Å². The van der Waals surface area contributed by atoms with Gasteiger partial charge in [-0.05, 0) is 54.8 Å². The van der Waals surface area contributed by atoms with Crippen LogP contribution in [0.1, 0.15) is 93.4 Å². The highest BCUT2D eigenvalue weighted by Crippen LogP contribution is 2.65. The molecule has 13 heteroatoms. The molecule has 1 saturated heterocycles. The second-order valence-corrected chi connectivity index (χ2v) is 15.1. The number of carbonyl (C=O) groups excluding carboxylic acids is 6. The van der Waals surface area contributed by atoms with Crippen molar-refractivity contribution in [2.45, 2.75) is 118 Å². The molecule has 2 saturated carbocycles. The molecule has 6 atom stereocenters. The maximum atomic E-state index is 14.5. The van der Waals surface area contributed by atoms with Crippen LogP contribution in [0.4, 0.5) is 9.59 Å². The number of amides is 6. The topological polar surface area (TPSA) is 175 Å². The highest BCUT2D eigenvalue weighted by Gasteiger charge is 2.69. The minimum atomic E-state index is -1.03. The number of alkyl carbamates (subject to hydrolysis) is 1. The lowest BCUT2D eigenvalue weighted by Crippen LogP contribution is -2.61. The molecular weight excluding hydrogens is 616 g/mol. The quantitative estimate of drug-likeness (QED) is 0.131. The molecule has 0 aromatic heterocycles. The van der Waals surface area contributed by atoms with Gasteiger partial charge in [-0.25, -0.2) is 9.59 Å². The van der Waals surface area contributed by atoms with Gasteiger partial charge < -0.3 is 36.2 Å². The second kappa shape index (κ2) is 16.6. The predicted molar refractivity (Wildman–Crippen MR) is 182 cm³/mol. The number of piperidine rings is 1. The molecule has 270 valence electrons. The first-order chi connectivity index (χ1) is 22.6. The van der Waals surface area contributed by atoms with Crippen molar-refractivity contribution < 1.29 is 33.5 Å². The minimum Gasteiger partial charge on any atom is -0.447 e. The van der Waals surface area contributed by atoms with Crippen LogP contribution in [-0.4, -0.2) is 90.9 Å². The fourth-order valence-electron chi connectivity index (χ4n) is 7.27. The molecule has 3 aliphatic rings. The summed E-state index contributed by atoms with van der Waals surface area (Å²) in [7, 11) is 0. The van der Waals surface area contributed by atoms with Gasteiger partial charge in [-0.3, -0.25) is 19.2 Å². The number of rotatable bonds is 15. The van der Waals surface area contributed by atoms with E-state index in [4.69, 9.17) is 4.74 Å². The van der Waals surface area contributed by atoms with Crippen LogP contribution in [0.2, 0.25) is 0 Å². The third-order valence-electron chi connectivity index (χ3n) is 10.3. The van der Waals surface area contributed by atoms with Gasteiger partial charge in [-0.1, -0.05) is 73.3 Å². The molecule has 1 heterocycles. The first-order valence-corrected chi connectivity index (χ1v) is 17.6. The van der Waals surface area contributed by atoms with Crippen LogP contribution in [0.3, 0.4) is 0 Å². The molecule has 1 aliphatic heterocycles. The zero-order chi connectivity index (χ0) is 35.8. The highest BCUT2D eigenvalue weighted by molar-refractivity contribution is 6.38. The van der Waals surface area contributed by atoms with E-state index in [1.54, 1.807) is 11.8 Å². The van der Waals surface area contributed by atoms with Crippen molar-refractivity contribution in [1.82, 2.24) is 31.5 Å². The van der Waals surface area contributed by atoms with Gasteiger partial charge in [-0.2, -0.15) is 0 Å². The van der Waals surface area contributed by atoms with Crippen molar-refractivity contribution in [2.24, 2.45) is 28.6 Å². The maximum absolute atomic E-state index is 14.5. The Morgan fingerprint density at radius 1 is 0.979 bits per heavy atom. The SMILES string of the molecule is C=CCNC(=O)C(=O)C(CCC)NC(=O)[C@@H]1[C@@H]2[C@H](CN1C(=O)[C@@H](NC(=O)N[C@H](COC(=O)NCC)C(C)(C)C)C1CCCCC1)C2(C)C. The average Bonchev–Trinajstić information content (AvgIpc) is 3.34. The molecule has 0 aromatic carbocycles. The number of ether oxygens (including phenoxy) is 1. The normalized spacial score (nSPS) is 23.4. The molecule has 0 aromatic rings. The van der Waals surface area contributed by atoms with Crippen molar-refractivity contribution >= 4 is 35.6 Å². The monoisotopic (exact) mass is 674 g/mol. The van der Waals surface area contributed by atoms with Crippen LogP contribution in [0, 0.1) is 28.6 Å². The lowest BCUT2D eigenvalue weighted by atomic mass is 9.83. The van der Waals surface area contributed by atoms with Crippen molar-refractivity contribution in [3.8, 4) is 0 Å². The van der Waals surface area contributed by atoms with Gasteiger partial charge in [0.05, 0.1) is 12.1 Å².